The van der Waals surface area contributed by atoms with Crippen LogP contribution in [0.1, 0.15) is 24.8 Å². The number of amides is 2. The first-order valence-corrected chi connectivity index (χ1v) is 10.2. The van der Waals surface area contributed by atoms with Crippen LogP contribution in [0.3, 0.4) is 0 Å². The molecule has 0 aliphatic carbocycles. The lowest BCUT2D eigenvalue weighted by Crippen LogP contribution is -2.49. The summed E-state index contributed by atoms with van der Waals surface area (Å²) in [6.45, 7) is 8.29. The van der Waals surface area contributed by atoms with Crippen LogP contribution < -0.4 is 10.2 Å². The zero-order valence-electron chi connectivity index (χ0n) is 16.0. The average Bonchev–Trinajstić information content (AvgIpc) is 3.06. The van der Waals surface area contributed by atoms with Gasteiger partial charge in [0.25, 0.3) is 0 Å². The molecule has 1 aromatic carbocycles. The van der Waals surface area contributed by atoms with E-state index in [9.17, 15) is 9.59 Å². The number of carbonyl (C=O) groups is 2. The van der Waals surface area contributed by atoms with Gasteiger partial charge < -0.3 is 15.1 Å². The second kappa shape index (κ2) is 9.42. The van der Waals surface area contributed by atoms with Gasteiger partial charge in [-0.3, -0.25) is 14.5 Å². The summed E-state index contributed by atoms with van der Waals surface area (Å²) in [4.78, 5) is 30.1. The summed E-state index contributed by atoms with van der Waals surface area (Å²) in [5.41, 5.74) is 2.41. The molecule has 148 valence electrons. The second-order valence-corrected chi connectivity index (χ2v) is 7.82. The zero-order valence-corrected chi connectivity index (χ0v) is 16.8. The second-order valence-electron chi connectivity index (χ2n) is 7.38. The van der Waals surface area contributed by atoms with E-state index < -0.39 is 0 Å². The number of aryl methyl sites for hydroxylation is 1. The van der Waals surface area contributed by atoms with E-state index in [1.54, 1.807) is 0 Å². The quantitative estimate of drug-likeness (QED) is 0.720. The van der Waals surface area contributed by atoms with Gasteiger partial charge >= 0.3 is 0 Å². The van der Waals surface area contributed by atoms with E-state index in [0.717, 1.165) is 57.1 Å². The minimum atomic E-state index is 0.0649. The molecule has 0 radical (unpaired) electrons. The van der Waals surface area contributed by atoms with Crippen LogP contribution >= 0.6 is 11.6 Å². The fourth-order valence-corrected chi connectivity index (χ4v) is 3.93. The summed E-state index contributed by atoms with van der Waals surface area (Å²) in [5.74, 6) is 0.310. The van der Waals surface area contributed by atoms with E-state index in [1.807, 2.05) is 23.1 Å². The Balaban J connectivity index is 1.34. The standard InChI is InChI=1S/C20H29ClN4O2/c1-16-5-6-17(21)14-18(16)24-12-10-23(11-13-24)15-19(26)22-7-3-9-25-8-2-4-20(25)27/h5-6,14H,2-4,7-13,15H2,1H3,(H,22,26). The average molecular weight is 393 g/mol. The molecule has 0 atom stereocenters. The minimum Gasteiger partial charge on any atom is -0.369 e. The highest BCUT2D eigenvalue weighted by molar-refractivity contribution is 6.30. The molecule has 2 amide bonds. The molecule has 1 aromatic rings. The molecule has 2 heterocycles. The fourth-order valence-electron chi connectivity index (χ4n) is 3.77. The number of benzene rings is 1. The van der Waals surface area contributed by atoms with Crippen molar-refractivity contribution in [2.24, 2.45) is 0 Å². The number of piperazine rings is 1. The molecule has 7 heteroatoms. The topological polar surface area (TPSA) is 55.9 Å². The highest BCUT2D eigenvalue weighted by Gasteiger charge is 2.21. The number of nitrogens with one attached hydrogen (secondary N) is 1. The smallest absolute Gasteiger partial charge is 0.234 e. The highest BCUT2D eigenvalue weighted by Crippen LogP contribution is 2.25. The molecule has 0 aromatic heterocycles. The van der Waals surface area contributed by atoms with Gasteiger partial charge in [0.15, 0.2) is 0 Å². The molecule has 6 nitrogen and oxygen atoms in total. The predicted octanol–water partition coefficient (Wildman–Crippen LogP) is 1.90. The van der Waals surface area contributed by atoms with Gasteiger partial charge in [0, 0.05) is 62.9 Å². The molecule has 2 saturated heterocycles. The van der Waals surface area contributed by atoms with Gasteiger partial charge in [0.2, 0.25) is 11.8 Å². The van der Waals surface area contributed by atoms with Crippen LogP contribution in [-0.2, 0) is 9.59 Å². The van der Waals surface area contributed by atoms with Gasteiger partial charge in [-0.2, -0.15) is 0 Å². The Morgan fingerprint density at radius 2 is 1.96 bits per heavy atom. The van der Waals surface area contributed by atoms with Crippen molar-refractivity contribution in [3.8, 4) is 0 Å². The van der Waals surface area contributed by atoms with Gasteiger partial charge in [-0.1, -0.05) is 17.7 Å². The maximum Gasteiger partial charge on any atom is 0.234 e. The zero-order chi connectivity index (χ0) is 19.2. The third-order valence-electron chi connectivity index (χ3n) is 5.35. The maximum absolute atomic E-state index is 12.2. The third-order valence-corrected chi connectivity index (χ3v) is 5.58. The first-order chi connectivity index (χ1) is 13.0. The van der Waals surface area contributed by atoms with E-state index in [2.05, 4.69) is 22.0 Å². The minimum absolute atomic E-state index is 0.0649. The van der Waals surface area contributed by atoms with Crippen LogP contribution in [0.4, 0.5) is 5.69 Å². The Kier molecular flexibility index (Phi) is 6.96. The van der Waals surface area contributed by atoms with Gasteiger partial charge in [-0.25, -0.2) is 0 Å². The Morgan fingerprint density at radius 3 is 2.67 bits per heavy atom. The van der Waals surface area contributed by atoms with Gasteiger partial charge in [-0.05, 0) is 37.5 Å². The molecule has 0 saturated carbocycles. The monoisotopic (exact) mass is 392 g/mol. The van der Waals surface area contributed by atoms with Crippen LogP contribution in [0.5, 0.6) is 0 Å². The normalized spacial score (nSPS) is 18.2. The van der Waals surface area contributed by atoms with Crippen LogP contribution in [0.2, 0.25) is 5.02 Å². The number of rotatable bonds is 7. The summed E-state index contributed by atoms with van der Waals surface area (Å²) in [6, 6.07) is 5.98. The molecule has 0 bridgehead atoms. The van der Waals surface area contributed by atoms with Crippen LogP contribution in [0.25, 0.3) is 0 Å². The first kappa shape index (κ1) is 20.0. The Labute approximate surface area is 166 Å². The predicted molar refractivity (Wildman–Crippen MR) is 108 cm³/mol. The number of likely N-dealkylation sites (tertiary alicyclic amines) is 1. The van der Waals surface area contributed by atoms with E-state index in [-0.39, 0.29) is 11.8 Å². The molecule has 3 rings (SSSR count). The van der Waals surface area contributed by atoms with E-state index in [4.69, 9.17) is 11.6 Å². The van der Waals surface area contributed by atoms with Crippen LogP contribution in [-0.4, -0.2) is 74.0 Å². The Morgan fingerprint density at radius 1 is 1.19 bits per heavy atom. The van der Waals surface area contributed by atoms with Crippen molar-refractivity contribution in [2.45, 2.75) is 26.2 Å². The van der Waals surface area contributed by atoms with E-state index in [1.165, 1.54) is 11.3 Å². The van der Waals surface area contributed by atoms with E-state index in [0.29, 0.717) is 19.5 Å². The van der Waals surface area contributed by atoms with Crippen LogP contribution in [0, 0.1) is 6.92 Å². The largest absolute Gasteiger partial charge is 0.369 e. The van der Waals surface area contributed by atoms with Gasteiger partial charge in [-0.15, -0.1) is 0 Å². The van der Waals surface area contributed by atoms with Crippen molar-refractivity contribution in [2.75, 3.05) is 57.3 Å². The highest BCUT2D eigenvalue weighted by atomic mass is 35.5. The lowest BCUT2D eigenvalue weighted by molar-refractivity contribution is -0.127. The van der Waals surface area contributed by atoms with Gasteiger partial charge in [0.05, 0.1) is 6.54 Å². The maximum atomic E-state index is 12.2. The summed E-state index contributed by atoms with van der Waals surface area (Å²) < 4.78 is 0. The lowest BCUT2D eigenvalue weighted by atomic mass is 10.1. The van der Waals surface area contributed by atoms with Crippen molar-refractivity contribution >= 4 is 29.1 Å². The number of anilines is 1. The Bertz CT molecular complexity index is 674. The number of hydrogen-bond acceptors (Lipinski definition) is 4. The van der Waals surface area contributed by atoms with Crippen molar-refractivity contribution in [3.63, 3.8) is 0 Å². The number of hydrogen-bond donors (Lipinski definition) is 1. The molecule has 2 fully saturated rings. The fraction of sp³-hybridized carbons (Fsp3) is 0.600. The molecule has 27 heavy (non-hydrogen) atoms. The van der Waals surface area contributed by atoms with Crippen molar-refractivity contribution in [1.29, 1.82) is 0 Å². The summed E-state index contributed by atoms with van der Waals surface area (Å²) in [6.07, 6.45) is 2.46. The summed E-state index contributed by atoms with van der Waals surface area (Å²) >= 11 is 6.13. The third kappa shape index (κ3) is 5.59. The number of carbonyl (C=O) groups excluding carboxylic acids is 2. The first-order valence-electron chi connectivity index (χ1n) is 9.81. The van der Waals surface area contributed by atoms with Crippen molar-refractivity contribution in [1.82, 2.24) is 15.1 Å². The molecular formula is C20H29ClN4O2. The van der Waals surface area contributed by atoms with Gasteiger partial charge in [0.1, 0.15) is 0 Å². The SMILES string of the molecule is Cc1ccc(Cl)cc1N1CCN(CC(=O)NCCCN2CCCC2=O)CC1. The number of nitrogens with zero attached hydrogens (tertiary/aromatic N) is 3. The van der Waals surface area contributed by atoms with Crippen molar-refractivity contribution < 1.29 is 9.59 Å². The number of halogens is 1. The van der Waals surface area contributed by atoms with Crippen molar-refractivity contribution in [3.05, 3.63) is 28.8 Å². The summed E-state index contributed by atoms with van der Waals surface area (Å²) in [5, 5.41) is 3.74. The molecule has 0 spiro atoms. The van der Waals surface area contributed by atoms with Crippen LogP contribution in [0.15, 0.2) is 18.2 Å². The summed E-state index contributed by atoms with van der Waals surface area (Å²) in [7, 11) is 0. The molecular weight excluding hydrogens is 364 g/mol. The molecule has 2 aliphatic rings. The lowest BCUT2D eigenvalue weighted by Gasteiger charge is -2.36. The molecule has 1 N–H and O–H groups in total. The molecule has 2 aliphatic heterocycles. The van der Waals surface area contributed by atoms with E-state index >= 15 is 0 Å². The Hall–Kier alpha value is -1.79. The molecule has 0 unspecified atom stereocenters.